The van der Waals surface area contributed by atoms with Gasteiger partial charge < -0.3 is 4.74 Å². The quantitative estimate of drug-likeness (QED) is 0.454. The van der Waals surface area contributed by atoms with Crippen molar-refractivity contribution >= 4 is 38.3 Å². The molecule has 3 aromatic rings. The Balaban J connectivity index is 1.72. The smallest absolute Gasteiger partial charge is 0.269 e. The molecule has 1 fully saturated rings. The molecule has 7 nitrogen and oxygen atoms in total. The van der Waals surface area contributed by atoms with Gasteiger partial charge in [-0.15, -0.1) is 0 Å². The fourth-order valence-corrected chi connectivity index (χ4v) is 4.19. The number of amides is 1. The molecule has 1 aliphatic rings. The van der Waals surface area contributed by atoms with E-state index >= 15 is 0 Å². The Bertz CT molecular complexity index is 1080. The molecule has 2 aromatic carbocycles. The van der Waals surface area contributed by atoms with E-state index in [-0.39, 0.29) is 39.2 Å². The average Bonchev–Trinajstić information content (AvgIpc) is 3.35. The van der Waals surface area contributed by atoms with Crippen LogP contribution in [0, 0.1) is 21.7 Å². The molecule has 0 radical (unpaired) electrons. The molecule has 0 spiro atoms. The molecule has 1 saturated heterocycles. The summed E-state index contributed by atoms with van der Waals surface area (Å²) in [4.78, 5) is 29.0. The maximum atomic E-state index is 14.1. The average molecular weight is 419 g/mol. The first-order valence-electron chi connectivity index (χ1n) is 8.86. The third-order valence-electron chi connectivity index (χ3n) is 4.61. The third-order valence-corrected chi connectivity index (χ3v) is 5.64. The van der Waals surface area contributed by atoms with Gasteiger partial charge in [-0.1, -0.05) is 11.3 Å². The van der Waals surface area contributed by atoms with Crippen molar-refractivity contribution in [2.45, 2.75) is 18.9 Å². The Labute approximate surface area is 167 Å². The van der Waals surface area contributed by atoms with E-state index in [1.54, 1.807) is 0 Å². The van der Waals surface area contributed by atoms with Crippen LogP contribution in [0.4, 0.5) is 19.6 Å². The van der Waals surface area contributed by atoms with Gasteiger partial charge in [-0.25, -0.2) is 13.8 Å². The molecule has 29 heavy (non-hydrogen) atoms. The number of thiazole rings is 1. The molecule has 0 aliphatic carbocycles. The van der Waals surface area contributed by atoms with Crippen LogP contribution in [0.15, 0.2) is 36.4 Å². The second kappa shape index (κ2) is 7.80. The van der Waals surface area contributed by atoms with Crippen molar-refractivity contribution in [1.82, 2.24) is 4.98 Å². The zero-order chi connectivity index (χ0) is 20.5. The van der Waals surface area contributed by atoms with Gasteiger partial charge >= 0.3 is 0 Å². The summed E-state index contributed by atoms with van der Waals surface area (Å²) in [5.41, 5.74) is 0.0736. The van der Waals surface area contributed by atoms with Crippen molar-refractivity contribution in [2.75, 3.05) is 18.1 Å². The minimum atomic E-state index is -0.803. The van der Waals surface area contributed by atoms with Gasteiger partial charge in [0.2, 0.25) is 0 Å². The maximum absolute atomic E-state index is 14.1. The van der Waals surface area contributed by atoms with Gasteiger partial charge in [0.25, 0.3) is 11.6 Å². The van der Waals surface area contributed by atoms with Gasteiger partial charge in [0.05, 0.1) is 22.3 Å². The van der Waals surface area contributed by atoms with Crippen LogP contribution in [0.2, 0.25) is 0 Å². The van der Waals surface area contributed by atoms with Gasteiger partial charge in [0.1, 0.15) is 11.3 Å². The zero-order valence-electron chi connectivity index (χ0n) is 15.0. The molecule has 0 saturated carbocycles. The van der Waals surface area contributed by atoms with E-state index in [4.69, 9.17) is 4.74 Å². The number of ether oxygens (including phenoxy) is 1. The molecule has 2 heterocycles. The summed E-state index contributed by atoms with van der Waals surface area (Å²) in [6.45, 7) is 0.781. The molecule has 10 heteroatoms. The first-order valence-corrected chi connectivity index (χ1v) is 9.67. The van der Waals surface area contributed by atoms with Crippen molar-refractivity contribution in [2.24, 2.45) is 0 Å². The number of anilines is 1. The van der Waals surface area contributed by atoms with Crippen molar-refractivity contribution in [3.63, 3.8) is 0 Å². The molecule has 4 rings (SSSR count). The van der Waals surface area contributed by atoms with E-state index in [0.717, 1.165) is 30.2 Å². The van der Waals surface area contributed by atoms with Crippen molar-refractivity contribution in [1.29, 1.82) is 0 Å². The lowest BCUT2D eigenvalue weighted by Crippen LogP contribution is -2.37. The summed E-state index contributed by atoms with van der Waals surface area (Å²) in [6, 6.07) is 7.11. The summed E-state index contributed by atoms with van der Waals surface area (Å²) < 4.78 is 33.5. The summed E-state index contributed by atoms with van der Waals surface area (Å²) in [7, 11) is 0. The van der Waals surface area contributed by atoms with Crippen LogP contribution in [0.5, 0.6) is 0 Å². The molecule has 1 aromatic heterocycles. The van der Waals surface area contributed by atoms with E-state index in [1.165, 1.54) is 35.2 Å². The highest BCUT2D eigenvalue weighted by atomic mass is 32.1. The third kappa shape index (κ3) is 3.94. The standard InChI is InChI=1S/C19H15F2N3O4S/c20-12-8-15(21)17-16(9-12)29-19(22-17)23(10-14-2-1-7-28-14)18(25)11-3-5-13(6-4-11)24(26)27/h3-6,8-9,14H,1-2,7,10H2. The summed E-state index contributed by atoms with van der Waals surface area (Å²) in [6.07, 6.45) is 1.42. The lowest BCUT2D eigenvalue weighted by atomic mass is 10.1. The number of carbonyl (C=O) groups excluding carboxylic acids is 1. The van der Waals surface area contributed by atoms with E-state index in [0.29, 0.717) is 6.61 Å². The van der Waals surface area contributed by atoms with Crippen LogP contribution in [0.3, 0.4) is 0 Å². The number of hydrogen-bond donors (Lipinski definition) is 0. The summed E-state index contributed by atoms with van der Waals surface area (Å²) in [5.74, 6) is -1.98. The minimum Gasteiger partial charge on any atom is -0.376 e. The van der Waals surface area contributed by atoms with Gasteiger partial charge in [0, 0.05) is 30.4 Å². The van der Waals surface area contributed by atoms with Gasteiger partial charge in [-0.2, -0.15) is 0 Å². The highest BCUT2D eigenvalue weighted by Gasteiger charge is 2.28. The number of non-ortho nitro benzene ring substituents is 1. The Kier molecular flexibility index (Phi) is 5.20. The fourth-order valence-electron chi connectivity index (χ4n) is 3.18. The molecule has 1 aliphatic heterocycles. The van der Waals surface area contributed by atoms with Crippen LogP contribution >= 0.6 is 11.3 Å². The largest absolute Gasteiger partial charge is 0.376 e. The Hall–Kier alpha value is -2.98. The van der Waals surface area contributed by atoms with E-state index in [1.807, 2.05) is 0 Å². The van der Waals surface area contributed by atoms with Crippen LogP contribution in [-0.4, -0.2) is 35.1 Å². The van der Waals surface area contributed by atoms with E-state index in [9.17, 15) is 23.7 Å². The predicted molar refractivity (Wildman–Crippen MR) is 103 cm³/mol. The van der Waals surface area contributed by atoms with E-state index < -0.39 is 22.5 Å². The maximum Gasteiger partial charge on any atom is 0.269 e. The Morgan fingerprint density at radius 1 is 1.31 bits per heavy atom. The minimum absolute atomic E-state index is 0.0137. The number of nitro groups is 1. The highest BCUT2D eigenvalue weighted by Crippen LogP contribution is 2.33. The lowest BCUT2D eigenvalue weighted by Gasteiger charge is -2.23. The zero-order valence-corrected chi connectivity index (χ0v) is 15.8. The number of nitro benzene ring substituents is 1. The number of rotatable bonds is 5. The van der Waals surface area contributed by atoms with Gasteiger partial charge in [0.15, 0.2) is 10.9 Å². The topological polar surface area (TPSA) is 85.6 Å². The predicted octanol–water partition coefficient (Wildman–Crippen LogP) is 4.31. The molecular formula is C19H15F2N3O4S. The fraction of sp³-hybridized carbons (Fsp3) is 0.263. The molecule has 0 bridgehead atoms. The number of halogens is 2. The van der Waals surface area contributed by atoms with Crippen LogP contribution < -0.4 is 4.90 Å². The number of fused-ring (bicyclic) bond motifs is 1. The number of benzene rings is 2. The number of nitrogens with zero attached hydrogens (tertiary/aromatic N) is 3. The van der Waals surface area contributed by atoms with Crippen LogP contribution in [-0.2, 0) is 4.74 Å². The summed E-state index contributed by atoms with van der Waals surface area (Å²) in [5, 5.41) is 11.1. The van der Waals surface area contributed by atoms with Crippen molar-refractivity contribution in [3.8, 4) is 0 Å². The van der Waals surface area contributed by atoms with Crippen LogP contribution in [0.25, 0.3) is 10.2 Å². The molecule has 1 unspecified atom stereocenters. The monoisotopic (exact) mass is 419 g/mol. The highest BCUT2D eigenvalue weighted by molar-refractivity contribution is 7.22. The molecule has 150 valence electrons. The SMILES string of the molecule is O=C(c1ccc([N+](=O)[O-])cc1)N(CC1CCCO1)c1nc2c(F)cc(F)cc2s1. The van der Waals surface area contributed by atoms with Gasteiger partial charge in [-0.05, 0) is 31.0 Å². The van der Waals surface area contributed by atoms with E-state index in [2.05, 4.69) is 4.98 Å². The number of carbonyl (C=O) groups is 1. The molecule has 1 amide bonds. The van der Waals surface area contributed by atoms with Gasteiger partial charge in [-0.3, -0.25) is 19.8 Å². The van der Waals surface area contributed by atoms with Crippen molar-refractivity contribution < 1.29 is 23.2 Å². The normalized spacial score (nSPS) is 16.3. The summed E-state index contributed by atoms with van der Waals surface area (Å²) >= 11 is 0.998. The van der Waals surface area contributed by atoms with Crippen LogP contribution in [0.1, 0.15) is 23.2 Å². The molecule has 0 N–H and O–H groups in total. The van der Waals surface area contributed by atoms with Crippen molar-refractivity contribution in [3.05, 3.63) is 63.7 Å². The Morgan fingerprint density at radius 2 is 2.07 bits per heavy atom. The lowest BCUT2D eigenvalue weighted by molar-refractivity contribution is -0.384. The Morgan fingerprint density at radius 3 is 2.72 bits per heavy atom. The molecule has 1 atom stereocenters. The number of aromatic nitrogens is 1. The second-order valence-corrected chi connectivity index (χ2v) is 7.59. The molecular weight excluding hydrogens is 404 g/mol. The number of hydrogen-bond acceptors (Lipinski definition) is 6. The first kappa shape index (κ1) is 19.3. The first-order chi connectivity index (χ1) is 13.9. The second-order valence-electron chi connectivity index (χ2n) is 6.59.